The van der Waals surface area contributed by atoms with E-state index >= 15 is 0 Å². The minimum absolute atomic E-state index is 0.114. The molecule has 0 radical (unpaired) electrons. The van der Waals surface area contributed by atoms with Crippen molar-refractivity contribution in [2.24, 2.45) is 0 Å². The van der Waals surface area contributed by atoms with Gasteiger partial charge in [-0.1, -0.05) is 0 Å². The molecule has 1 atom stereocenters. The second-order valence-corrected chi connectivity index (χ2v) is 6.44. The molecule has 1 saturated heterocycles. The van der Waals surface area contributed by atoms with Crippen molar-refractivity contribution < 1.29 is 28.6 Å². The first-order chi connectivity index (χ1) is 10.7. The Hall–Kier alpha value is -1.83. The molecule has 0 aromatic rings. The van der Waals surface area contributed by atoms with Crippen LogP contribution in [0.3, 0.4) is 0 Å². The summed E-state index contributed by atoms with van der Waals surface area (Å²) in [5.74, 6) is -0.438. The molecule has 0 aromatic heterocycles. The van der Waals surface area contributed by atoms with Crippen molar-refractivity contribution in [3.05, 3.63) is 0 Å². The minimum atomic E-state index is -0.758. The molecule has 23 heavy (non-hydrogen) atoms. The number of nitrogens with zero attached hydrogens (tertiary/aromatic N) is 1. The molecule has 0 aromatic carbocycles. The molecule has 1 aliphatic heterocycles. The predicted molar refractivity (Wildman–Crippen MR) is 81.9 cm³/mol. The molecular weight excluding hydrogens is 304 g/mol. The van der Waals surface area contributed by atoms with E-state index in [2.05, 4.69) is 5.32 Å². The zero-order valence-corrected chi connectivity index (χ0v) is 14.2. The van der Waals surface area contributed by atoms with Gasteiger partial charge in [0, 0.05) is 26.4 Å². The second-order valence-electron chi connectivity index (χ2n) is 6.44. The van der Waals surface area contributed by atoms with Gasteiger partial charge >= 0.3 is 12.2 Å². The van der Waals surface area contributed by atoms with E-state index < -0.39 is 23.7 Å². The van der Waals surface area contributed by atoms with Crippen molar-refractivity contribution in [1.82, 2.24) is 10.2 Å². The Morgan fingerprint density at radius 3 is 2.57 bits per heavy atom. The lowest BCUT2D eigenvalue weighted by atomic mass is 10.2. The quantitative estimate of drug-likeness (QED) is 0.824. The van der Waals surface area contributed by atoms with Gasteiger partial charge in [-0.3, -0.25) is 10.1 Å². The summed E-state index contributed by atoms with van der Waals surface area (Å²) in [4.78, 5) is 36.2. The summed E-state index contributed by atoms with van der Waals surface area (Å²) >= 11 is 0. The number of nitrogens with one attached hydrogen (secondary N) is 1. The number of carbonyl (C=O) groups is 3. The second kappa shape index (κ2) is 8.71. The Kier molecular flexibility index (Phi) is 7.28. The number of hydrogen-bond acceptors (Lipinski definition) is 6. The van der Waals surface area contributed by atoms with Gasteiger partial charge in [0.25, 0.3) is 0 Å². The molecule has 1 heterocycles. The number of hydrogen-bond donors (Lipinski definition) is 1. The van der Waals surface area contributed by atoms with Crippen molar-refractivity contribution >= 4 is 18.1 Å². The number of carbonyl (C=O) groups excluding carboxylic acids is 3. The minimum Gasteiger partial charge on any atom is -0.444 e. The zero-order chi connectivity index (χ0) is 17.5. The first-order valence-corrected chi connectivity index (χ1v) is 7.69. The Morgan fingerprint density at radius 1 is 1.30 bits per heavy atom. The van der Waals surface area contributed by atoms with E-state index in [1.54, 1.807) is 27.8 Å². The van der Waals surface area contributed by atoms with Crippen molar-refractivity contribution in [3.8, 4) is 0 Å². The summed E-state index contributed by atoms with van der Waals surface area (Å²) in [6.07, 6.45) is -0.321. The van der Waals surface area contributed by atoms with Gasteiger partial charge in [0.1, 0.15) is 11.7 Å². The predicted octanol–water partition coefficient (Wildman–Crippen LogP) is 1.68. The van der Waals surface area contributed by atoms with Gasteiger partial charge in [-0.05, 0) is 27.2 Å². The molecule has 8 nitrogen and oxygen atoms in total. The van der Waals surface area contributed by atoms with Crippen molar-refractivity contribution in [1.29, 1.82) is 0 Å². The van der Waals surface area contributed by atoms with Crippen LogP contribution in [0.2, 0.25) is 0 Å². The number of amides is 3. The average Bonchev–Trinajstić information content (AvgIpc) is 2.88. The van der Waals surface area contributed by atoms with Crippen LogP contribution in [-0.2, 0) is 19.0 Å². The summed E-state index contributed by atoms with van der Waals surface area (Å²) in [6.45, 7) is 6.63. The third kappa shape index (κ3) is 8.39. The zero-order valence-electron chi connectivity index (χ0n) is 14.2. The summed E-state index contributed by atoms with van der Waals surface area (Å²) in [7, 11) is 1.60. The van der Waals surface area contributed by atoms with E-state index in [9.17, 15) is 14.4 Å². The maximum absolute atomic E-state index is 11.7. The molecule has 0 saturated carbocycles. The summed E-state index contributed by atoms with van der Waals surface area (Å²) in [5.41, 5.74) is -0.559. The molecular formula is C15H26N2O6. The van der Waals surface area contributed by atoms with Crippen LogP contribution < -0.4 is 5.32 Å². The average molecular weight is 330 g/mol. The molecule has 0 bridgehead atoms. The third-order valence-corrected chi connectivity index (χ3v) is 3.01. The van der Waals surface area contributed by atoms with Crippen LogP contribution in [0.1, 0.15) is 40.0 Å². The summed E-state index contributed by atoms with van der Waals surface area (Å²) in [5, 5.41) is 2.16. The molecule has 1 rings (SSSR count). The fourth-order valence-electron chi connectivity index (χ4n) is 1.87. The fraction of sp³-hybridized carbons (Fsp3) is 0.800. The number of rotatable bonds is 5. The van der Waals surface area contributed by atoms with Crippen LogP contribution in [0.4, 0.5) is 9.59 Å². The van der Waals surface area contributed by atoms with Crippen LogP contribution in [0.15, 0.2) is 0 Å². The third-order valence-electron chi connectivity index (χ3n) is 3.01. The molecule has 1 unspecified atom stereocenters. The van der Waals surface area contributed by atoms with Crippen LogP contribution in [0.25, 0.3) is 0 Å². The molecule has 132 valence electrons. The van der Waals surface area contributed by atoms with E-state index in [0.29, 0.717) is 32.6 Å². The summed E-state index contributed by atoms with van der Waals surface area (Å²) < 4.78 is 15.3. The van der Waals surface area contributed by atoms with Gasteiger partial charge in [-0.2, -0.15) is 0 Å². The topological polar surface area (TPSA) is 94.2 Å². The Balaban J connectivity index is 2.17. The highest BCUT2D eigenvalue weighted by atomic mass is 16.6. The standard InChI is InChI=1S/C15H26N2O6/c1-15(2,3)23-14(20)17(4)8-5-6-12(18)16-13(19)22-11-7-9-21-10-11/h11H,5-10H2,1-4H3,(H,16,18,19). The van der Waals surface area contributed by atoms with Gasteiger partial charge < -0.3 is 19.1 Å². The maximum atomic E-state index is 11.7. The Labute approximate surface area is 136 Å². The Morgan fingerprint density at radius 2 is 2.00 bits per heavy atom. The van der Waals surface area contributed by atoms with Crippen LogP contribution in [-0.4, -0.2) is 61.5 Å². The smallest absolute Gasteiger partial charge is 0.414 e. The largest absolute Gasteiger partial charge is 0.444 e. The summed E-state index contributed by atoms with van der Waals surface area (Å²) in [6, 6.07) is 0. The van der Waals surface area contributed by atoms with Gasteiger partial charge in [-0.25, -0.2) is 9.59 Å². The molecule has 8 heteroatoms. The molecule has 0 aliphatic carbocycles. The fourth-order valence-corrected chi connectivity index (χ4v) is 1.87. The van der Waals surface area contributed by atoms with Crippen molar-refractivity contribution in [2.75, 3.05) is 26.8 Å². The van der Waals surface area contributed by atoms with Gasteiger partial charge in [0.15, 0.2) is 0 Å². The van der Waals surface area contributed by atoms with Gasteiger partial charge in [0.05, 0.1) is 13.2 Å². The van der Waals surface area contributed by atoms with E-state index in [4.69, 9.17) is 14.2 Å². The lowest BCUT2D eigenvalue weighted by molar-refractivity contribution is -0.120. The number of imide groups is 1. The molecule has 1 N–H and O–H groups in total. The lowest BCUT2D eigenvalue weighted by Crippen LogP contribution is -2.36. The molecule has 1 fully saturated rings. The molecule has 0 spiro atoms. The maximum Gasteiger partial charge on any atom is 0.414 e. The van der Waals surface area contributed by atoms with Gasteiger partial charge in [0.2, 0.25) is 5.91 Å². The Bertz CT molecular complexity index is 426. The highest BCUT2D eigenvalue weighted by Gasteiger charge is 2.21. The van der Waals surface area contributed by atoms with Crippen LogP contribution >= 0.6 is 0 Å². The lowest BCUT2D eigenvalue weighted by Gasteiger charge is -2.24. The van der Waals surface area contributed by atoms with E-state index in [1.807, 2.05) is 0 Å². The molecule has 3 amide bonds. The van der Waals surface area contributed by atoms with Crippen molar-refractivity contribution in [3.63, 3.8) is 0 Å². The van der Waals surface area contributed by atoms with E-state index in [-0.39, 0.29) is 12.5 Å². The highest BCUT2D eigenvalue weighted by molar-refractivity contribution is 5.91. The number of ether oxygens (including phenoxy) is 3. The number of alkyl carbamates (subject to hydrolysis) is 1. The first-order valence-electron chi connectivity index (χ1n) is 7.69. The van der Waals surface area contributed by atoms with Crippen LogP contribution in [0.5, 0.6) is 0 Å². The van der Waals surface area contributed by atoms with Crippen LogP contribution in [0, 0.1) is 0 Å². The first kappa shape index (κ1) is 19.2. The van der Waals surface area contributed by atoms with E-state index in [0.717, 1.165) is 0 Å². The monoisotopic (exact) mass is 330 g/mol. The highest BCUT2D eigenvalue weighted by Crippen LogP contribution is 2.10. The normalized spacial score (nSPS) is 17.5. The van der Waals surface area contributed by atoms with Gasteiger partial charge in [-0.15, -0.1) is 0 Å². The SMILES string of the molecule is CN(CCCC(=O)NC(=O)OC1CCOC1)C(=O)OC(C)(C)C. The van der Waals surface area contributed by atoms with E-state index in [1.165, 1.54) is 4.90 Å². The van der Waals surface area contributed by atoms with Crippen molar-refractivity contribution in [2.45, 2.75) is 51.7 Å². The molecule has 1 aliphatic rings.